The zero-order valence-corrected chi connectivity index (χ0v) is 56.9. The van der Waals surface area contributed by atoms with E-state index in [1.54, 1.807) is 66.7 Å². The number of carbonyl (C=O) groups excluding carboxylic acids is 12. The highest BCUT2D eigenvalue weighted by atomic mass is 32.1. The number of aliphatic hydroxyl groups excluding tert-OH is 2. The highest BCUT2D eigenvalue weighted by molar-refractivity contribution is 7.80. The molecule has 6 rings (SSSR count). The summed E-state index contributed by atoms with van der Waals surface area (Å²) in [6.45, 7) is -2.48. The Balaban J connectivity index is 1.17. The number of aliphatic carboxylic acids is 1. The van der Waals surface area contributed by atoms with Crippen molar-refractivity contribution in [3.05, 3.63) is 161 Å². The van der Waals surface area contributed by atoms with Crippen LogP contribution >= 0.6 is 25.3 Å². The van der Waals surface area contributed by atoms with Crippen molar-refractivity contribution in [2.75, 3.05) is 24.7 Å². The average molecular weight is 1460 g/mol. The van der Waals surface area contributed by atoms with Crippen LogP contribution in [0.1, 0.15) is 47.1 Å². The van der Waals surface area contributed by atoms with Crippen LogP contribution in [0.2, 0.25) is 0 Å². The number of thiol groups is 2. The number of aromatic amines is 1. The molecule has 550 valence electrons. The predicted octanol–water partition coefficient (Wildman–Crippen LogP) is -3.96. The molecule has 0 saturated heterocycles. The van der Waals surface area contributed by atoms with Gasteiger partial charge >= 0.3 is 5.97 Å². The first-order valence-corrected chi connectivity index (χ1v) is 33.3. The Hall–Kier alpha value is -11.3. The van der Waals surface area contributed by atoms with Crippen molar-refractivity contribution in [1.29, 1.82) is 0 Å². The number of amides is 12. The molecule has 33 nitrogen and oxygen atoms in total. The van der Waals surface area contributed by atoms with Crippen LogP contribution < -0.4 is 70.4 Å². The van der Waals surface area contributed by atoms with Crippen LogP contribution in [0.5, 0.6) is 17.2 Å². The lowest BCUT2D eigenvalue weighted by Crippen LogP contribution is -2.62. The summed E-state index contributed by atoms with van der Waals surface area (Å²) < 4.78 is 0. The van der Waals surface area contributed by atoms with Crippen LogP contribution in [-0.2, 0) is 94.4 Å². The first kappa shape index (κ1) is 80.7. The van der Waals surface area contributed by atoms with E-state index in [0.717, 1.165) is 0 Å². The monoisotopic (exact) mass is 1460 g/mol. The number of aromatic hydroxyl groups is 3. The maximum atomic E-state index is 14.7. The lowest BCUT2D eigenvalue weighted by Gasteiger charge is -2.27. The normalized spacial score (nSPS) is 14.3. The number of carbonyl (C=O) groups is 13. The number of nitrogens with two attached hydrogens (primary N) is 3. The molecule has 6 aromatic rings. The Morgan fingerprint density at radius 1 is 0.388 bits per heavy atom. The summed E-state index contributed by atoms with van der Waals surface area (Å²) in [5.74, 6) is -15.6. The first-order valence-electron chi connectivity index (χ1n) is 32.0. The van der Waals surface area contributed by atoms with E-state index in [1.165, 1.54) is 66.9 Å². The van der Waals surface area contributed by atoms with Gasteiger partial charge in [0.15, 0.2) is 0 Å². The van der Waals surface area contributed by atoms with Gasteiger partial charge in [-0.1, -0.05) is 84.9 Å². The Kier molecular flexibility index (Phi) is 31.1. The van der Waals surface area contributed by atoms with Crippen molar-refractivity contribution in [3.63, 3.8) is 0 Å². The predicted molar refractivity (Wildman–Crippen MR) is 377 cm³/mol. The molecule has 1 heterocycles. The molecule has 12 amide bonds. The first-order chi connectivity index (χ1) is 49.1. The Bertz CT molecular complexity index is 3970. The molecule has 23 N–H and O–H groups in total. The third kappa shape index (κ3) is 25.4. The Morgan fingerprint density at radius 2 is 0.728 bits per heavy atom. The molecule has 0 unspecified atom stereocenters. The molecule has 35 heteroatoms. The van der Waals surface area contributed by atoms with Gasteiger partial charge in [-0.25, -0.2) is 0 Å². The second kappa shape index (κ2) is 39.7. The van der Waals surface area contributed by atoms with Crippen LogP contribution in [0.15, 0.2) is 134 Å². The SMILES string of the molecule is NC(=O)C[C@H](NC(=O)[C@H](CO)NC(=O)[C@H](Cc1c[nH]c2ccccc12)NC(=O)[C@H](Cc1ccc(O)cc1)NC(=O)[C@H](CS)NC(=O)[C@@H](N)Cc1ccc(O)cc1)C(=O)N[C@@H](CO)C(=O)N[C@@H](CCC(=O)O)C(=O)N[C@@H](Cc1ccccc1)C(=O)N[C@@H](CS)C(=O)N[C@@H](Cc1ccc(O)cc1)C(N)=O. The van der Waals surface area contributed by atoms with E-state index in [-0.39, 0.29) is 60.9 Å². The van der Waals surface area contributed by atoms with Crippen molar-refractivity contribution in [3.8, 4) is 17.2 Å². The van der Waals surface area contributed by atoms with Gasteiger partial charge in [0.2, 0.25) is 70.9 Å². The highest BCUT2D eigenvalue weighted by Gasteiger charge is 2.37. The summed E-state index contributed by atoms with van der Waals surface area (Å²) >= 11 is 8.47. The zero-order valence-electron chi connectivity index (χ0n) is 55.2. The summed E-state index contributed by atoms with van der Waals surface area (Å²) in [5.41, 5.74) is 20.2. The summed E-state index contributed by atoms with van der Waals surface area (Å²) in [6.07, 6.45) is -1.96. The van der Waals surface area contributed by atoms with Crippen molar-refractivity contribution in [2.45, 2.75) is 118 Å². The highest BCUT2D eigenvalue weighted by Crippen LogP contribution is 2.21. The topological polar surface area (TPSA) is 557 Å². The number of carboxylic acid groups (broad SMARTS) is 1. The maximum Gasteiger partial charge on any atom is 0.303 e. The average Bonchev–Trinajstić information content (AvgIpc) is 1.31. The standard InChI is InChI=1S/C68H82N14O19S2/c69-44(24-36-10-16-40(85)17-11-36)59(92)81-54(33-102)68(101)76-49(27-38-14-20-42(87)21-15-38)61(94)77-50(28-39-30-72-45-9-5-4-8-43(39)45)63(96)79-53(32-84)66(99)78-51(29-56(70)88)64(97)80-52(31-83)65(98)73-46(22-23-57(89)90)60(93)75-48(26-35-6-2-1-3-7-35)62(95)82-55(34-103)67(100)74-47(58(71)91)25-37-12-18-41(86)19-13-37/h1-21,30,44,46-55,72,83-87,102-103H,22-29,31-34,69H2,(H2,70,88)(H2,71,91)(H,73,98)(H,74,100)(H,75,93)(H,76,101)(H,77,94)(H,78,99)(H,79,96)(H,80,97)(H,81,92)(H,82,95)(H,89,90)/t44-,46-,47-,48-,49-,50-,51-,52-,53-,54-,55-/m0/s1. The second-order valence-corrected chi connectivity index (χ2v) is 24.5. The molecule has 0 aliphatic heterocycles. The maximum absolute atomic E-state index is 14.7. The largest absolute Gasteiger partial charge is 0.508 e. The van der Waals surface area contributed by atoms with Crippen molar-refractivity contribution < 1.29 is 93.0 Å². The number of phenolic OH excluding ortho intramolecular Hbond substituents is 3. The van der Waals surface area contributed by atoms with Crippen LogP contribution in [-0.4, -0.2) is 204 Å². The summed E-state index contributed by atoms with van der Waals surface area (Å²) in [6, 6.07) is 13.9. The third-order valence-electron chi connectivity index (χ3n) is 16.0. The number of carboxylic acids is 1. The minimum Gasteiger partial charge on any atom is -0.508 e. The minimum atomic E-state index is -2.07. The molecule has 0 fully saturated rings. The van der Waals surface area contributed by atoms with E-state index >= 15 is 0 Å². The molecule has 5 aromatic carbocycles. The van der Waals surface area contributed by atoms with Crippen molar-refractivity contribution in [1.82, 2.24) is 58.2 Å². The van der Waals surface area contributed by atoms with Gasteiger partial charge in [0.05, 0.1) is 25.7 Å². The van der Waals surface area contributed by atoms with E-state index in [9.17, 15) is 93.0 Å². The number of fused-ring (bicyclic) bond motifs is 1. The smallest absolute Gasteiger partial charge is 0.303 e. The molecule has 1 aromatic heterocycles. The lowest BCUT2D eigenvalue weighted by molar-refractivity contribution is -0.139. The third-order valence-corrected chi connectivity index (χ3v) is 16.7. The Labute approximate surface area is 599 Å². The van der Waals surface area contributed by atoms with Gasteiger partial charge in [-0.05, 0) is 83.1 Å². The fraction of sp³-hybridized carbons (Fsp3) is 0.338. The number of H-pyrrole nitrogens is 1. The van der Waals surface area contributed by atoms with Crippen LogP contribution in [0.4, 0.5) is 0 Å². The number of rotatable bonds is 40. The minimum absolute atomic E-state index is 0.00544. The molecular weight excluding hydrogens is 1380 g/mol. The van der Waals surface area contributed by atoms with Crippen LogP contribution in [0.3, 0.4) is 0 Å². The molecule has 0 radical (unpaired) electrons. The van der Waals surface area contributed by atoms with E-state index in [2.05, 4.69) is 83.4 Å². The molecule has 0 saturated carbocycles. The van der Waals surface area contributed by atoms with Gasteiger partial charge in [-0.15, -0.1) is 0 Å². The molecule has 0 bridgehead atoms. The summed E-state index contributed by atoms with van der Waals surface area (Å²) in [5, 5.41) is 84.7. The number of aliphatic hydroxyl groups is 2. The number of aromatic nitrogens is 1. The van der Waals surface area contributed by atoms with Gasteiger partial charge in [-0.3, -0.25) is 62.3 Å². The number of para-hydroxylation sites is 1. The number of primary amides is 2. The van der Waals surface area contributed by atoms with Gasteiger partial charge in [-0.2, -0.15) is 25.3 Å². The number of nitrogens with one attached hydrogen (secondary N) is 11. The van der Waals surface area contributed by atoms with Crippen molar-refractivity contribution >= 4 is 113 Å². The quantitative estimate of drug-likeness (QED) is 0.0163. The van der Waals surface area contributed by atoms with Gasteiger partial charge in [0, 0.05) is 60.7 Å². The molecule has 103 heavy (non-hydrogen) atoms. The zero-order chi connectivity index (χ0) is 75.4. The van der Waals surface area contributed by atoms with E-state index in [0.29, 0.717) is 38.7 Å². The van der Waals surface area contributed by atoms with Crippen LogP contribution in [0, 0.1) is 0 Å². The summed E-state index contributed by atoms with van der Waals surface area (Å²) in [7, 11) is 0. The Morgan fingerprint density at radius 3 is 1.17 bits per heavy atom. The fourth-order valence-electron chi connectivity index (χ4n) is 10.4. The second-order valence-electron chi connectivity index (χ2n) is 23.8. The molecule has 11 atom stereocenters. The number of phenols is 3. The molecule has 0 aliphatic carbocycles. The van der Waals surface area contributed by atoms with Gasteiger partial charge in [0.25, 0.3) is 0 Å². The van der Waals surface area contributed by atoms with Crippen molar-refractivity contribution in [2.24, 2.45) is 17.2 Å². The number of benzene rings is 5. The molecular formula is C68H82N14O19S2. The summed E-state index contributed by atoms with van der Waals surface area (Å²) in [4.78, 5) is 181. The molecule has 0 spiro atoms. The molecule has 0 aliphatic rings. The van der Waals surface area contributed by atoms with Crippen LogP contribution in [0.25, 0.3) is 10.9 Å². The number of hydrogen-bond acceptors (Lipinski definition) is 21. The van der Waals surface area contributed by atoms with E-state index in [1.807, 2.05) is 0 Å². The number of hydrogen-bond donors (Lipinski definition) is 22. The lowest BCUT2D eigenvalue weighted by atomic mass is 10.0. The van der Waals surface area contributed by atoms with Gasteiger partial charge < -0.3 is 106 Å². The fourth-order valence-corrected chi connectivity index (χ4v) is 10.9. The van der Waals surface area contributed by atoms with E-state index in [4.69, 9.17) is 17.2 Å². The van der Waals surface area contributed by atoms with E-state index < -0.39 is 176 Å². The van der Waals surface area contributed by atoms with Gasteiger partial charge in [0.1, 0.15) is 77.7 Å².